The lowest BCUT2D eigenvalue weighted by molar-refractivity contribution is 0.236. The molecule has 1 heteroatoms. The summed E-state index contributed by atoms with van der Waals surface area (Å²) in [5, 5.41) is 9.32. The van der Waals surface area contributed by atoms with E-state index in [0.717, 1.165) is 5.56 Å². The predicted molar refractivity (Wildman–Crippen MR) is 55.7 cm³/mol. The Morgan fingerprint density at radius 3 is 2.38 bits per heavy atom. The van der Waals surface area contributed by atoms with Gasteiger partial charge in [0.15, 0.2) is 0 Å². The smallest absolute Gasteiger partial charge is 0.0560 e. The van der Waals surface area contributed by atoms with Crippen LogP contribution in [0.4, 0.5) is 0 Å². The predicted octanol–water partition coefficient (Wildman–Crippen LogP) is 2.51. The molecule has 0 saturated heterocycles. The van der Waals surface area contributed by atoms with Gasteiger partial charge in [0, 0.05) is 5.41 Å². The molecule has 0 saturated carbocycles. The average Bonchev–Trinajstić information content (AvgIpc) is 2.19. The van der Waals surface area contributed by atoms with Crippen molar-refractivity contribution in [2.24, 2.45) is 0 Å². The molecule has 0 aliphatic rings. The third kappa shape index (κ3) is 2.19. The normalized spacial score (nSPS) is 15.9. The van der Waals surface area contributed by atoms with Gasteiger partial charge >= 0.3 is 0 Å². The zero-order valence-corrected chi connectivity index (χ0v) is 8.20. The molecule has 0 aromatic heterocycles. The van der Waals surface area contributed by atoms with Crippen LogP contribution in [0.3, 0.4) is 0 Å². The van der Waals surface area contributed by atoms with Gasteiger partial charge in [-0.05, 0) is 19.4 Å². The number of aliphatic hydroxyl groups is 1. The quantitative estimate of drug-likeness (QED) is 0.702. The molecule has 0 spiro atoms. The molecule has 13 heavy (non-hydrogen) atoms. The number of hydrogen-bond donors (Lipinski definition) is 1. The van der Waals surface area contributed by atoms with E-state index in [0.29, 0.717) is 0 Å². The van der Waals surface area contributed by atoms with Crippen molar-refractivity contribution in [1.82, 2.24) is 0 Å². The first-order valence-corrected chi connectivity index (χ1v) is 4.53. The highest BCUT2D eigenvalue weighted by molar-refractivity contribution is 5.29. The zero-order chi connectivity index (χ0) is 9.73. The Kier molecular flexibility index (Phi) is 3.26. The summed E-state index contributed by atoms with van der Waals surface area (Å²) in [7, 11) is 0. The van der Waals surface area contributed by atoms with Gasteiger partial charge in [0.1, 0.15) is 0 Å². The van der Waals surface area contributed by atoms with Crippen molar-refractivity contribution < 1.29 is 5.11 Å². The average molecular weight is 176 g/mol. The molecule has 1 N–H and O–H groups in total. The lowest BCUT2D eigenvalue weighted by atomic mass is 9.83. The van der Waals surface area contributed by atoms with Crippen molar-refractivity contribution in [1.29, 1.82) is 0 Å². The molecule has 0 fully saturated rings. The van der Waals surface area contributed by atoms with Crippen molar-refractivity contribution in [2.75, 3.05) is 6.61 Å². The fourth-order valence-corrected chi connectivity index (χ4v) is 1.43. The summed E-state index contributed by atoms with van der Waals surface area (Å²) < 4.78 is 0. The van der Waals surface area contributed by atoms with Gasteiger partial charge in [-0.1, -0.05) is 42.5 Å². The molecular weight excluding hydrogens is 160 g/mol. The van der Waals surface area contributed by atoms with Gasteiger partial charge in [0.2, 0.25) is 0 Å². The van der Waals surface area contributed by atoms with E-state index in [1.54, 1.807) is 0 Å². The van der Waals surface area contributed by atoms with E-state index in [9.17, 15) is 5.11 Å². The molecule has 0 aliphatic carbocycles. The van der Waals surface area contributed by atoms with Crippen LogP contribution >= 0.6 is 0 Å². The van der Waals surface area contributed by atoms with Crippen LogP contribution in [0.5, 0.6) is 0 Å². The number of hydrogen-bond acceptors (Lipinski definition) is 1. The number of aliphatic hydroxyl groups excluding tert-OH is 1. The lowest BCUT2D eigenvalue weighted by Crippen LogP contribution is -2.23. The molecule has 0 heterocycles. The highest BCUT2D eigenvalue weighted by atomic mass is 16.3. The van der Waals surface area contributed by atoms with E-state index >= 15 is 0 Å². The van der Waals surface area contributed by atoms with E-state index in [1.165, 1.54) is 0 Å². The first-order chi connectivity index (χ1) is 6.23. The second kappa shape index (κ2) is 4.24. The Bertz CT molecular complexity index is 276. The Balaban J connectivity index is 3.03. The van der Waals surface area contributed by atoms with Crippen LogP contribution < -0.4 is 0 Å². The summed E-state index contributed by atoms with van der Waals surface area (Å²) in [6.45, 7) is 4.14. The molecule has 1 aromatic carbocycles. The fraction of sp³-hybridized carbons (Fsp3) is 0.333. The molecule has 0 amide bonds. The van der Waals surface area contributed by atoms with Gasteiger partial charge in [-0.3, -0.25) is 0 Å². The Morgan fingerprint density at radius 1 is 1.31 bits per heavy atom. The molecular formula is C12H16O. The Labute approximate surface area is 79.7 Å². The van der Waals surface area contributed by atoms with E-state index in [4.69, 9.17) is 0 Å². The molecule has 1 rings (SSSR count). The minimum Gasteiger partial charge on any atom is -0.395 e. The summed E-state index contributed by atoms with van der Waals surface area (Å²) in [6, 6.07) is 10.0. The number of benzene rings is 1. The van der Waals surface area contributed by atoms with Crippen LogP contribution in [0.1, 0.15) is 19.4 Å². The fourth-order valence-electron chi connectivity index (χ4n) is 1.43. The lowest BCUT2D eigenvalue weighted by Gasteiger charge is -2.23. The van der Waals surface area contributed by atoms with Crippen LogP contribution in [0.25, 0.3) is 0 Å². The second-order valence-corrected chi connectivity index (χ2v) is 3.44. The summed E-state index contributed by atoms with van der Waals surface area (Å²) >= 11 is 0. The molecule has 0 aliphatic heterocycles. The second-order valence-electron chi connectivity index (χ2n) is 3.44. The largest absolute Gasteiger partial charge is 0.395 e. The summed E-state index contributed by atoms with van der Waals surface area (Å²) in [5.74, 6) is 0. The number of allylic oxidation sites excluding steroid dienone is 1. The molecule has 1 nitrogen and oxygen atoms in total. The number of rotatable bonds is 3. The maximum Gasteiger partial charge on any atom is 0.0560 e. The van der Waals surface area contributed by atoms with Gasteiger partial charge in [-0.25, -0.2) is 0 Å². The third-order valence-corrected chi connectivity index (χ3v) is 2.30. The molecule has 0 unspecified atom stereocenters. The van der Waals surface area contributed by atoms with Crippen LogP contribution in [0, 0.1) is 0 Å². The van der Waals surface area contributed by atoms with Gasteiger partial charge in [-0.15, -0.1) is 0 Å². The van der Waals surface area contributed by atoms with E-state index in [1.807, 2.05) is 56.3 Å². The van der Waals surface area contributed by atoms with E-state index in [2.05, 4.69) is 0 Å². The molecule has 1 atom stereocenters. The van der Waals surface area contributed by atoms with Gasteiger partial charge in [-0.2, -0.15) is 0 Å². The minimum atomic E-state index is -0.240. The van der Waals surface area contributed by atoms with E-state index in [-0.39, 0.29) is 12.0 Å². The van der Waals surface area contributed by atoms with Crippen LogP contribution in [0.2, 0.25) is 0 Å². The molecule has 0 bridgehead atoms. The van der Waals surface area contributed by atoms with Crippen LogP contribution in [-0.2, 0) is 5.41 Å². The highest BCUT2D eigenvalue weighted by Crippen LogP contribution is 2.24. The minimum absolute atomic E-state index is 0.140. The van der Waals surface area contributed by atoms with Crippen molar-refractivity contribution >= 4 is 0 Å². The molecule has 0 radical (unpaired) electrons. The summed E-state index contributed by atoms with van der Waals surface area (Å²) in [5.41, 5.74) is 0.909. The molecule has 1 aromatic rings. The first-order valence-electron chi connectivity index (χ1n) is 4.53. The van der Waals surface area contributed by atoms with Crippen LogP contribution in [-0.4, -0.2) is 11.7 Å². The van der Waals surface area contributed by atoms with Crippen molar-refractivity contribution in [3.05, 3.63) is 48.0 Å². The monoisotopic (exact) mass is 176 g/mol. The van der Waals surface area contributed by atoms with Crippen molar-refractivity contribution in [3.8, 4) is 0 Å². The van der Waals surface area contributed by atoms with Gasteiger partial charge < -0.3 is 5.11 Å². The third-order valence-electron chi connectivity index (χ3n) is 2.30. The maximum atomic E-state index is 9.32. The summed E-state index contributed by atoms with van der Waals surface area (Å²) in [4.78, 5) is 0. The zero-order valence-electron chi connectivity index (χ0n) is 8.20. The molecule has 70 valence electrons. The summed E-state index contributed by atoms with van der Waals surface area (Å²) in [6.07, 6.45) is 4.01. The van der Waals surface area contributed by atoms with E-state index < -0.39 is 0 Å². The maximum absolute atomic E-state index is 9.32. The van der Waals surface area contributed by atoms with Crippen LogP contribution in [0.15, 0.2) is 42.5 Å². The standard InChI is InChI=1S/C12H16O/c1-3-9-12(2,10-13)11-7-5-4-6-8-11/h3-9,13H,10H2,1-2H3/b9-3+/t12-/m1/s1. The van der Waals surface area contributed by atoms with Gasteiger partial charge in [0.05, 0.1) is 6.61 Å². The SMILES string of the molecule is C/C=C/[C@](C)(CO)c1ccccc1. The Hall–Kier alpha value is -1.08. The topological polar surface area (TPSA) is 20.2 Å². The van der Waals surface area contributed by atoms with Gasteiger partial charge in [0.25, 0.3) is 0 Å². The van der Waals surface area contributed by atoms with Crippen molar-refractivity contribution in [2.45, 2.75) is 19.3 Å². The Morgan fingerprint density at radius 2 is 1.92 bits per heavy atom. The first kappa shape index (κ1) is 10.0. The van der Waals surface area contributed by atoms with Crippen molar-refractivity contribution in [3.63, 3.8) is 0 Å². The highest BCUT2D eigenvalue weighted by Gasteiger charge is 2.21.